The van der Waals surface area contributed by atoms with E-state index >= 15 is 0 Å². The van der Waals surface area contributed by atoms with Crippen molar-refractivity contribution >= 4 is 45.3 Å². The second kappa shape index (κ2) is 65.0. The first-order chi connectivity index (χ1) is 60.6. The van der Waals surface area contributed by atoms with Gasteiger partial charge in [-0.05, 0) is 197 Å². The summed E-state index contributed by atoms with van der Waals surface area (Å²) in [6.45, 7) is 136. The van der Waals surface area contributed by atoms with Crippen LogP contribution < -0.4 is 0 Å². The van der Waals surface area contributed by atoms with Crippen LogP contribution in [0.2, 0.25) is 0 Å². The molecule has 10 heteroatoms. The number of aryl methyl sites for hydroxylation is 3. The average Bonchev–Trinajstić information content (AvgIpc) is 1.65. The normalized spacial score (nSPS) is 12.4. The Morgan fingerprint density at radius 3 is 1.05 bits per heavy atom. The van der Waals surface area contributed by atoms with Gasteiger partial charge in [-0.2, -0.15) is 5.26 Å². The van der Waals surface area contributed by atoms with Gasteiger partial charge in [0.15, 0.2) is 0 Å². The fraction of sp³-hybridized carbons (Fsp3) is 0.706. The molecule has 0 bridgehead atoms. The van der Waals surface area contributed by atoms with Crippen LogP contribution in [0.1, 0.15) is 498 Å². The van der Waals surface area contributed by atoms with Crippen LogP contribution in [0.25, 0.3) is 4.85 Å². The minimum atomic E-state index is -0.0197. The molecule has 786 valence electrons. The maximum atomic E-state index is 9.07. The van der Waals surface area contributed by atoms with Crippen LogP contribution >= 0.6 is 45.3 Å². The second-order valence-electron chi connectivity index (χ2n) is 55.6. The van der Waals surface area contributed by atoms with Gasteiger partial charge < -0.3 is 18.9 Å². The third-order valence-corrected chi connectivity index (χ3v) is 28.6. The molecule has 0 amide bonds. The van der Waals surface area contributed by atoms with Crippen LogP contribution in [0.3, 0.4) is 0 Å². The number of nitriles is 1. The van der Waals surface area contributed by atoms with E-state index in [1.807, 2.05) is 88.1 Å². The van der Waals surface area contributed by atoms with Gasteiger partial charge in [-0.25, -0.2) is 11.6 Å². The summed E-state index contributed by atoms with van der Waals surface area (Å²) in [7, 11) is 2.08. The minimum Gasteiger partial charge on any atom is -0.469 e. The standard InChI is InChI=1S/C12H15N.C10H14.C9H15N.2C9H14S.C9H20.C8H12O.C8H18O.C8H12S.2C8H18.C7H11NS.C7H13N.2C7H16/c1-12(2,3)11(9-13)10-7-5-4-6-8-10;1-10(2,3)9-7-5-4-6-8-9;1-9(2,3)8-6-5-7-10(8)4;1-7-5-6-10-8(7)9(2,3)4;1-7-5-6-8(10-7)9(2,3)4;1-8(2)6-7-9(3,4)5;1-8(2,3)7-5-4-6-9-7;1-7(2,3)8(4,5)6-9;1-8(2,3)7-5-4-6-9-7;1-7(2,3)8(4,5)6;1-5-6-7-8(2,3)4;1-7(2,3)6-8-4-5-9-6;1-7(2,3)5-6-8-4;1-6(2)7(3,4)5;1-5-6-7(2,3)4/h4-8,11H,1-3H3;4-8H,1-3H3;5-7H,1-4H3;2*5-6H,1-4H3;8H,6-7H2,1-5H3;4-6H,1-3H3;9H,6H2,1-5H3;4-6H,1-3H3;1-6H3;5-7H2,1-4H3;4-5H,1-3H3;5-6H2,1-3H3;6H,1-5H3;5-6H2,1-4H3. The van der Waals surface area contributed by atoms with Gasteiger partial charge in [-0.3, -0.25) is 0 Å². The molecule has 1 N–H and O–H groups in total. The third-order valence-electron chi connectivity index (χ3n) is 23.2. The van der Waals surface area contributed by atoms with E-state index in [1.54, 1.807) is 17.6 Å². The van der Waals surface area contributed by atoms with Crippen LogP contribution in [-0.4, -0.2) is 27.8 Å². The quantitative estimate of drug-likeness (QED) is 0.154. The molecule has 0 fully saturated rings. The number of aromatic nitrogens is 2. The van der Waals surface area contributed by atoms with Crippen LogP contribution in [0.5, 0.6) is 0 Å². The lowest BCUT2D eigenvalue weighted by Crippen LogP contribution is -2.32. The number of hydrogen-bond acceptors (Lipinski definition) is 8. The van der Waals surface area contributed by atoms with E-state index in [9.17, 15) is 0 Å². The molecule has 0 aliphatic rings. The molecule has 0 radical (unpaired) electrons. The van der Waals surface area contributed by atoms with E-state index in [1.165, 1.54) is 86.3 Å². The molecule has 6 aromatic heterocycles. The largest absolute Gasteiger partial charge is 0.469 e. The van der Waals surface area contributed by atoms with Gasteiger partial charge in [0, 0.05) is 79.3 Å². The molecule has 8 rings (SSSR count). The Kier molecular flexibility index (Phi) is 68.7. The molecule has 0 saturated carbocycles. The van der Waals surface area contributed by atoms with Crippen molar-refractivity contribution < 1.29 is 9.52 Å². The maximum Gasteiger partial charge on any atom is 0.215 e. The molecule has 6 heterocycles. The first-order valence-electron chi connectivity index (χ1n) is 51.3. The van der Waals surface area contributed by atoms with E-state index < -0.39 is 0 Å². The van der Waals surface area contributed by atoms with Gasteiger partial charge in [-0.1, -0.05) is 480 Å². The summed E-state index contributed by atoms with van der Waals surface area (Å²) in [5.41, 5.74) is 10.9. The van der Waals surface area contributed by atoms with Crippen molar-refractivity contribution in [1.82, 2.24) is 9.55 Å². The predicted molar refractivity (Wildman–Crippen MR) is 626 cm³/mol. The number of hydrogen-bond donors (Lipinski definition) is 1. The lowest BCUT2D eigenvalue weighted by atomic mass is 9.70. The van der Waals surface area contributed by atoms with Gasteiger partial charge in [0.2, 0.25) is 6.54 Å². The van der Waals surface area contributed by atoms with Gasteiger partial charge in [0.1, 0.15) is 5.76 Å². The highest BCUT2D eigenvalue weighted by atomic mass is 32.1. The summed E-state index contributed by atoms with van der Waals surface area (Å²) >= 11 is 7.30. The van der Waals surface area contributed by atoms with Crippen molar-refractivity contribution in [3.05, 3.63) is 214 Å². The number of thiophene rings is 3. The predicted octanol–water partition coefficient (Wildman–Crippen LogP) is 43.1. The number of aliphatic hydroxyl groups excluding tert-OH is 1. The molecule has 2 aromatic carbocycles. The second-order valence-corrected chi connectivity index (χ2v) is 59.6. The monoisotopic (exact) mass is 1960 g/mol. The summed E-state index contributed by atoms with van der Waals surface area (Å²) in [4.78, 5) is 13.3. The van der Waals surface area contributed by atoms with Gasteiger partial charge in [0.05, 0.1) is 23.3 Å². The average molecular weight is 1960 g/mol. The highest BCUT2D eigenvalue weighted by Crippen LogP contribution is 2.40. The fourth-order valence-electron chi connectivity index (χ4n) is 10.4. The van der Waals surface area contributed by atoms with Crippen molar-refractivity contribution in [3.8, 4) is 6.07 Å². The molecule has 1 atom stereocenters. The number of aliphatic hydroxyl groups is 1. The van der Waals surface area contributed by atoms with Crippen molar-refractivity contribution in [2.45, 2.75) is 497 Å². The highest BCUT2D eigenvalue weighted by Gasteiger charge is 2.32. The molecule has 0 spiro atoms. The zero-order valence-electron chi connectivity index (χ0n) is 101. The SMILES string of the molecule is CC(C)(C)C(C#N)c1ccccc1.CC(C)(C)C(C)(C)C.CC(C)(C)C(C)(C)CO.CC(C)(C)c1ccccc1.CC(C)(C)c1ccco1.CC(C)(C)c1cccs1.CC(C)(C)c1nccs1.CC(C)C(C)(C)C.CC(C)CCC(C)(C)C.CCCC(C)(C)C.CCCCC(C)(C)C.Cc1ccc(C(C)(C)C)s1.Cc1ccsc1C(C)(C)C.Cn1cccc1C(C)(C)C.[C-]#[N+]CCC(C)(C)C. The third kappa shape index (κ3) is 80.2. The summed E-state index contributed by atoms with van der Waals surface area (Å²) in [6.07, 6.45) is 16.1. The summed E-state index contributed by atoms with van der Waals surface area (Å²) in [5.74, 6) is 2.69. The molecular weight excluding hydrogens is 1730 g/mol. The molecule has 136 heavy (non-hydrogen) atoms. The number of unbranched alkanes of at least 4 members (excludes halogenated alkanes) is 1. The zero-order chi connectivity index (χ0) is 109. The van der Waals surface area contributed by atoms with Gasteiger partial charge in [0.25, 0.3) is 0 Å². The van der Waals surface area contributed by atoms with Crippen LogP contribution in [0.15, 0.2) is 154 Å². The number of thiazole rings is 1. The Hall–Kier alpha value is -5.33. The summed E-state index contributed by atoms with van der Waals surface area (Å²) < 4.78 is 7.36. The lowest BCUT2D eigenvalue weighted by molar-refractivity contribution is 0.0503. The molecule has 1 unspecified atom stereocenters. The van der Waals surface area contributed by atoms with Crippen LogP contribution in [-0.2, 0) is 45.0 Å². The number of nitrogens with zero attached hydrogens (tertiary/aromatic N) is 4. The Morgan fingerprint density at radius 2 is 0.890 bits per heavy atom. The van der Waals surface area contributed by atoms with E-state index in [4.69, 9.17) is 21.4 Å². The molecular formula is C126H226N4O2S4. The molecule has 6 nitrogen and oxygen atoms in total. The number of benzene rings is 2. The van der Waals surface area contributed by atoms with Gasteiger partial charge in [-0.15, -0.1) is 45.3 Å². The first kappa shape index (κ1) is 144. The molecule has 8 aromatic rings. The van der Waals surface area contributed by atoms with Crippen LogP contribution in [0.4, 0.5) is 0 Å². The van der Waals surface area contributed by atoms with Crippen molar-refractivity contribution in [2.24, 2.45) is 73.0 Å². The highest BCUT2D eigenvalue weighted by molar-refractivity contribution is 7.12. The number of rotatable bonds is 8. The molecule has 0 aliphatic carbocycles. The van der Waals surface area contributed by atoms with Gasteiger partial charge >= 0.3 is 0 Å². The Balaban J connectivity index is -0.000000263. The minimum absolute atomic E-state index is 0.0100. The fourth-order valence-corrected chi connectivity index (χ4v) is 13.9. The topological polar surface area (TPSA) is 79.3 Å². The van der Waals surface area contributed by atoms with E-state index in [-0.39, 0.29) is 45.0 Å². The van der Waals surface area contributed by atoms with Crippen molar-refractivity contribution in [3.63, 3.8) is 0 Å². The lowest BCUT2D eigenvalue weighted by Gasteiger charge is -2.36. The smallest absolute Gasteiger partial charge is 0.215 e. The number of furan rings is 1. The van der Waals surface area contributed by atoms with Crippen molar-refractivity contribution in [2.75, 3.05) is 13.2 Å². The first-order valence-corrected chi connectivity index (χ1v) is 54.7. The molecule has 0 saturated heterocycles. The maximum absolute atomic E-state index is 9.07. The molecule has 0 aliphatic heterocycles. The van der Waals surface area contributed by atoms with E-state index in [2.05, 4.69) is 519 Å². The zero-order valence-corrected chi connectivity index (χ0v) is 104. The van der Waals surface area contributed by atoms with Crippen LogP contribution in [0, 0.1) is 97.7 Å². The summed E-state index contributed by atoms with van der Waals surface area (Å²) in [5, 5.41) is 25.5. The Morgan fingerprint density at radius 1 is 0.434 bits per heavy atom. The Bertz CT molecular complexity index is 4020. The van der Waals surface area contributed by atoms with E-state index in [0.717, 1.165) is 29.6 Å². The summed E-state index contributed by atoms with van der Waals surface area (Å²) in [6, 6.07) is 41.9. The van der Waals surface area contributed by atoms with E-state index in [0.29, 0.717) is 66.1 Å². The Labute approximate surface area is 866 Å². The van der Waals surface area contributed by atoms with Crippen molar-refractivity contribution in [1.29, 1.82) is 5.26 Å².